The maximum absolute atomic E-state index is 14.6. The van der Waals surface area contributed by atoms with Crippen molar-refractivity contribution in [2.24, 2.45) is 5.92 Å². The molecule has 2 aliphatic rings. The summed E-state index contributed by atoms with van der Waals surface area (Å²) in [5, 5.41) is 0. The van der Waals surface area contributed by atoms with Gasteiger partial charge in [0.1, 0.15) is 0 Å². The Morgan fingerprint density at radius 3 is 2.13 bits per heavy atom. The van der Waals surface area contributed by atoms with E-state index in [9.17, 15) is 34.8 Å². The largest absolute Gasteiger partial charge is 0.523 e. The molecule has 1 aliphatic heterocycles. The van der Waals surface area contributed by atoms with Crippen LogP contribution in [0.4, 0.5) is 26.3 Å². The molecule has 11 heteroatoms. The molecule has 1 aliphatic carbocycles. The quantitative estimate of drug-likeness (QED) is 0.266. The third kappa shape index (κ3) is 3.88. The highest BCUT2D eigenvalue weighted by molar-refractivity contribution is 8.37. The van der Waals surface area contributed by atoms with E-state index in [0.29, 0.717) is 37.7 Å². The Morgan fingerprint density at radius 2 is 1.63 bits per heavy atom. The zero-order valence-electron chi connectivity index (χ0n) is 16.1. The molecule has 1 fully saturated rings. The monoisotopic (exact) mass is 476 g/mol. The number of alkyl halides is 6. The molecular formula is C19H22F6O3S2. The molecule has 3 rings (SSSR count). The molecule has 0 N–H and O–H groups in total. The van der Waals surface area contributed by atoms with Crippen LogP contribution in [0.15, 0.2) is 28.0 Å². The van der Waals surface area contributed by atoms with Crippen LogP contribution in [0.1, 0.15) is 56.6 Å². The first-order chi connectivity index (χ1) is 13.8. The van der Waals surface area contributed by atoms with Gasteiger partial charge in [0.25, 0.3) is 0 Å². The van der Waals surface area contributed by atoms with Crippen molar-refractivity contribution in [2.75, 3.05) is 0 Å². The van der Waals surface area contributed by atoms with Gasteiger partial charge >= 0.3 is 21.1 Å². The summed E-state index contributed by atoms with van der Waals surface area (Å²) in [6.45, 7) is 1.71. The smallest absolute Gasteiger partial charge is 0.196 e. The molecule has 1 heterocycles. The summed E-state index contributed by atoms with van der Waals surface area (Å²) in [6.07, 6.45) is 5.16. The van der Waals surface area contributed by atoms with Crippen LogP contribution >= 0.6 is 10.3 Å². The van der Waals surface area contributed by atoms with Crippen LogP contribution in [-0.4, -0.2) is 19.4 Å². The first-order valence-corrected chi connectivity index (χ1v) is 12.6. The number of benzene rings is 1. The zero-order chi connectivity index (χ0) is 22.4. The Bertz CT molecular complexity index is 929. The van der Waals surface area contributed by atoms with Gasteiger partial charge in [0.05, 0.1) is 0 Å². The lowest BCUT2D eigenvalue weighted by atomic mass is 9.97. The molecule has 1 saturated carbocycles. The molecule has 1 atom stereocenters. The molecule has 0 bridgehead atoms. The van der Waals surface area contributed by atoms with Crippen molar-refractivity contribution in [2.45, 2.75) is 67.8 Å². The van der Waals surface area contributed by atoms with Crippen molar-refractivity contribution in [3.05, 3.63) is 34.2 Å². The van der Waals surface area contributed by atoms with E-state index in [1.165, 1.54) is 12.1 Å². The van der Waals surface area contributed by atoms with Crippen LogP contribution in [0, 0.1) is 5.92 Å². The number of halogens is 6. The van der Waals surface area contributed by atoms with E-state index in [1.54, 1.807) is 13.0 Å². The van der Waals surface area contributed by atoms with Crippen molar-refractivity contribution in [1.82, 2.24) is 0 Å². The average molecular weight is 477 g/mol. The maximum Gasteiger partial charge on any atom is 0.523 e. The summed E-state index contributed by atoms with van der Waals surface area (Å²) in [5.41, 5.74) is -10.7. The van der Waals surface area contributed by atoms with Gasteiger partial charge in [-0.2, -0.15) is 38.4 Å². The fourth-order valence-electron chi connectivity index (χ4n) is 4.13. The van der Waals surface area contributed by atoms with Gasteiger partial charge in [0.15, 0.2) is 0 Å². The van der Waals surface area contributed by atoms with Crippen molar-refractivity contribution in [1.29, 1.82) is 0 Å². The molecule has 0 saturated heterocycles. The number of hydrogen-bond acceptors (Lipinski definition) is 3. The number of hydrogen-bond donors (Lipinski definition) is 0. The standard InChI is InChI=1S/C19H22F6O3S2/c1-2-13-10-7-11-16-15(13)12-17(14-8-5-3-4-6-9-14)29(16,18(20,21)22)28-30(26,27)19(23,24)25/h7,10-12,14H,2-6,8-9H2,1H3. The lowest BCUT2D eigenvalue weighted by Gasteiger charge is -2.41. The summed E-state index contributed by atoms with van der Waals surface area (Å²) >= 11 is 0. The Kier molecular flexibility index (Phi) is 6.30. The maximum atomic E-state index is 14.6. The lowest BCUT2D eigenvalue weighted by molar-refractivity contribution is -0.0547. The predicted octanol–water partition coefficient (Wildman–Crippen LogP) is 7.04. The van der Waals surface area contributed by atoms with Gasteiger partial charge in [0, 0.05) is 20.1 Å². The molecule has 0 radical (unpaired) electrons. The Hall–Kier alpha value is -1.20. The van der Waals surface area contributed by atoms with E-state index in [4.69, 9.17) is 0 Å². The summed E-state index contributed by atoms with van der Waals surface area (Å²) in [6, 6.07) is 3.94. The SMILES string of the molecule is CCc1cccc2c1C=C(C1CCCCCC1)S2(OS(=O)(=O)C(F)(F)F)C(F)(F)F. The van der Waals surface area contributed by atoms with Gasteiger partial charge in [-0.25, -0.2) is 0 Å². The Labute approximate surface area is 173 Å². The average Bonchev–Trinajstić information content (AvgIpc) is 2.80. The predicted molar refractivity (Wildman–Crippen MR) is 103 cm³/mol. The molecule has 0 aromatic heterocycles. The van der Waals surface area contributed by atoms with Crippen LogP contribution in [0.5, 0.6) is 0 Å². The first kappa shape index (κ1) is 23.5. The van der Waals surface area contributed by atoms with Gasteiger partial charge in [-0.15, -0.1) is 0 Å². The fraction of sp³-hybridized carbons (Fsp3) is 0.579. The van der Waals surface area contributed by atoms with E-state index in [-0.39, 0.29) is 10.5 Å². The second-order valence-corrected chi connectivity index (χ2v) is 11.8. The highest BCUT2D eigenvalue weighted by Crippen LogP contribution is 2.80. The third-order valence-corrected chi connectivity index (χ3v) is 10.4. The molecule has 0 amide bonds. The van der Waals surface area contributed by atoms with E-state index in [0.717, 1.165) is 18.9 Å². The van der Waals surface area contributed by atoms with Crippen LogP contribution in [-0.2, 0) is 20.2 Å². The molecule has 170 valence electrons. The Balaban J connectivity index is 2.29. The second-order valence-electron chi connectivity index (χ2n) is 7.39. The number of fused-ring (bicyclic) bond motifs is 1. The van der Waals surface area contributed by atoms with Gasteiger partial charge < -0.3 is 0 Å². The summed E-state index contributed by atoms with van der Waals surface area (Å²) < 4.78 is 111. The van der Waals surface area contributed by atoms with Gasteiger partial charge in [-0.3, -0.25) is 0 Å². The molecule has 3 nitrogen and oxygen atoms in total. The van der Waals surface area contributed by atoms with Crippen molar-refractivity contribution < 1.29 is 38.4 Å². The van der Waals surface area contributed by atoms with E-state index >= 15 is 0 Å². The van der Waals surface area contributed by atoms with E-state index < -0.39 is 42.3 Å². The summed E-state index contributed by atoms with van der Waals surface area (Å²) in [4.78, 5) is -0.873. The molecule has 0 spiro atoms. The minimum atomic E-state index is -6.49. The third-order valence-electron chi connectivity index (χ3n) is 5.52. The summed E-state index contributed by atoms with van der Waals surface area (Å²) in [7, 11) is -11.4. The summed E-state index contributed by atoms with van der Waals surface area (Å²) in [5.74, 6) is -0.690. The van der Waals surface area contributed by atoms with Crippen molar-refractivity contribution >= 4 is 26.5 Å². The van der Waals surface area contributed by atoms with Crippen LogP contribution in [0.25, 0.3) is 6.08 Å². The highest BCUT2D eigenvalue weighted by Gasteiger charge is 2.65. The first-order valence-electron chi connectivity index (χ1n) is 9.60. The topological polar surface area (TPSA) is 43.4 Å². The van der Waals surface area contributed by atoms with Crippen LogP contribution in [0.3, 0.4) is 0 Å². The zero-order valence-corrected chi connectivity index (χ0v) is 17.8. The molecule has 1 aromatic carbocycles. The molecular weight excluding hydrogens is 454 g/mol. The van der Waals surface area contributed by atoms with E-state index in [2.05, 4.69) is 3.63 Å². The van der Waals surface area contributed by atoms with Crippen LogP contribution in [0.2, 0.25) is 0 Å². The number of rotatable bonds is 4. The fourth-order valence-corrected chi connectivity index (χ4v) is 8.96. The molecule has 30 heavy (non-hydrogen) atoms. The minimum Gasteiger partial charge on any atom is -0.196 e. The van der Waals surface area contributed by atoms with Crippen LogP contribution < -0.4 is 0 Å². The van der Waals surface area contributed by atoms with E-state index in [1.807, 2.05) is 0 Å². The normalized spacial score (nSPS) is 25.9. The Morgan fingerprint density at radius 1 is 1.03 bits per heavy atom. The minimum absolute atomic E-state index is 0.129. The lowest BCUT2D eigenvalue weighted by Crippen LogP contribution is -2.33. The molecule has 1 aromatic rings. The highest BCUT2D eigenvalue weighted by atomic mass is 32.3. The second kappa shape index (κ2) is 8.05. The number of allylic oxidation sites excluding steroid dienone is 1. The van der Waals surface area contributed by atoms with Crippen molar-refractivity contribution in [3.8, 4) is 0 Å². The van der Waals surface area contributed by atoms with Gasteiger partial charge in [-0.1, -0.05) is 44.7 Å². The molecule has 1 unspecified atom stereocenters. The number of aryl methyl sites for hydroxylation is 1. The van der Waals surface area contributed by atoms with Crippen molar-refractivity contribution in [3.63, 3.8) is 0 Å². The van der Waals surface area contributed by atoms with Gasteiger partial charge in [-0.05, 0) is 48.4 Å². The van der Waals surface area contributed by atoms with Gasteiger partial charge in [0.2, 0.25) is 0 Å².